The zero-order valence-corrected chi connectivity index (χ0v) is 10.3. The lowest BCUT2D eigenvalue weighted by atomic mass is 9.87. The lowest BCUT2D eigenvalue weighted by Crippen LogP contribution is -2.29. The van der Waals surface area contributed by atoms with Crippen LogP contribution in [-0.2, 0) is 4.79 Å². The van der Waals surface area contributed by atoms with Gasteiger partial charge in [0, 0.05) is 22.9 Å². The second kappa shape index (κ2) is 5.23. The van der Waals surface area contributed by atoms with Gasteiger partial charge in [0.2, 0.25) is 0 Å². The van der Waals surface area contributed by atoms with Crippen molar-refractivity contribution in [3.8, 4) is 0 Å². The van der Waals surface area contributed by atoms with E-state index in [0.29, 0.717) is 0 Å². The average Bonchev–Trinajstić information content (AvgIpc) is 2.78. The van der Waals surface area contributed by atoms with Gasteiger partial charge in [-0.25, -0.2) is 0 Å². The van der Waals surface area contributed by atoms with Crippen LogP contribution in [0.2, 0.25) is 0 Å². The van der Waals surface area contributed by atoms with Gasteiger partial charge < -0.3 is 15.3 Å². The van der Waals surface area contributed by atoms with Crippen LogP contribution in [0.1, 0.15) is 31.2 Å². The molecule has 2 aromatic rings. The summed E-state index contributed by atoms with van der Waals surface area (Å²) in [6.07, 6.45) is 2.39. The predicted octanol–water partition coefficient (Wildman–Crippen LogP) is 2.73. The standard InChI is InChI=1S/C14H17NO3/c1-2-12(15)10(7-14(16)17)11-8-18-13-6-4-3-5-9(11)13/h3-6,8,10,12H,2,7,15H2,1H3,(H,16,17). The van der Waals surface area contributed by atoms with Crippen molar-refractivity contribution < 1.29 is 14.3 Å². The number of carboxylic acid groups (broad SMARTS) is 1. The minimum atomic E-state index is -0.839. The first-order chi connectivity index (χ1) is 8.63. The van der Waals surface area contributed by atoms with Crippen LogP contribution >= 0.6 is 0 Å². The van der Waals surface area contributed by atoms with Crippen LogP contribution in [0.3, 0.4) is 0 Å². The summed E-state index contributed by atoms with van der Waals surface area (Å²) in [5.41, 5.74) is 7.70. The summed E-state index contributed by atoms with van der Waals surface area (Å²) in [4.78, 5) is 11.0. The Balaban J connectivity index is 2.43. The number of hydrogen-bond acceptors (Lipinski definition) is 3. The monoisotopic (exact) mass is 247 g/mol. The Morgan fingerprint density at radius 3 is 2.83 bits per heavy atom. The SMILES string of the molecule is CCC(N)C(CC(=O)O)c1coc2ccccc12. The van der Waals surface area contributed by atoms with Gasteiger partial charge in [-0.1, -0.05) is 25.1 Å². The molecule has 96 valence electrons. The molecular weight excluding hydrogens is 230 g/mol. The molecule has 3 N–H and O–H groups in total. The number of carboxylic acids is 1. The first-order valence-electron chi connectivity index (χ1n) is 6.07. The molecule has 0 fully saturated rings. The molecule has 1 heterocycles. The summed E-state index contributed by atoms with van der Waals surface area (Å²) < 4.78 is 5.46. The summed E-state index contributed by atoms with van der Waals surface area (Å²) in [6, 6.07) is 7.43. The molecule has 0 aliphatic rings. The van der Waals surface area contributed by atoms with Crippen molar-refractivity contribution >= 4 is 16.9 Å². The van der Waals surface area contributed by atoms with Crippen LogP contribution in [0.25, 0.3) is 11.0 Å². The summed E-state index contributed by atoms with van der Waals surface area (Å²) in [5, 5.41) is 9.96. The molecule has 4 heteroatoms. The van der Waals surface area contributed by atoms with Crippen LogP contribution in [0.4, 0.5) is 0 Å². The predicted molar refractivity (Wildman–Crippen MR) is 69.5 cm³/mol. The number of carbonyl (C=O) groups is 1. The Morgan fingerprint density at radius 1 is 1.44 bits per heavy atom. The van der Waals surface area contributed by atoms with Crippen molar-refractivity contribution in [2.45, 2.75) is 31.7 Å². The third kappa shape index (κ3) is 2.38. The van der Waals surface area contributed by atoms with Crippen molar-refractivity contribution in [1.82, 2.24) is 0 Å². The first kappa shape index (κ1) is 12.6. The van der Waals surface area contributed by atoms with E-state index in [1.807, 2.05) is 31.2 Å². The molecule has 2 atom stereocenters. The van der Waals surface area contributed by atoms with Crippen molar-refractivity contribution in [1.29, 1.82) is 0 Å². The zero-order valence-electron chi connectivity index (χ0n) is 10.3. The van der Waals surface area contributed by atoms with E-state index in [-0.39, 0.29) is 18.4 Å². The molecule has 2 unspecified atom stereocenters. The fourth-order valence-corrected chi connectivity index (χ4v) is 2.25. The van der Waals surface area contributed by atoms with Gasteiger partial charge in [-0.15, -0.1) is 0 Å². The Morgan fingerprint density at radius 2 is 2.17 bits per heavy atom. The molecule has 0 saturated heterocycles. The van der Waals surface area contributed by atoms with Gasteiger partial charge in [0.15, 0.2) is 0 Å². The summed E-state index contributed by atoms with van der Waals surface area (Å²) in [7, 11) is 0. The fraction of sp³-hybridized carbons (Fsp3) is 0.357. The number of benzene rings is 1. The van der Waals surface area contributed by atoms with E-state index in [9.17, 15) is 4.79 Å². The van der Waals surface area contributed by atoms with Gasteiger partial charge in [-0.2, -0.15) is 0 Å². The van der Waals surface area contributed by atoms with Gasteiger partial charge in [0.25, 0.3) is 0 Å². The van der Waals surface area contributed by atoms with E-state index in [1.54, 1.807) is 6.26 Å². The maximum absolute atomic E-state index is 11.0. The van der Waals surface area contributed by atoms with Gasteiger partial charge in [-0.05, 0) is 12.5 Å². The van der Waals surface area contributed by atoms with Gasteiger partial charge in [0.05, 0.1) is 12.7 Å². The normalized spacial score (nSPS) is 14.6. The van der Waals surface area contributed by atoms with E-state index >= 15 is 0 Å². The van der Waals surface area contributed by atoms with E-state index < -0.39 is 5.97 Å². The van der Waals surface area contributed by atoms with Crippen molar-refractivity contribution in [2.75, 3.05) is 0 Å². The summed E-state index contributed by atoms with van der Waals surface area (Å²) in [5.74, 6) is -1.05. The molecule has 0 spiro atoms. The number of aliphatic carboxylic acids is 1. The van der Waals surface area contributed by atoms with Crippen LogP contribution in [0.15, 0.2) is 34.9 Å². The number of hydrogen-bond donors (Lipinski definition) is 2. The molecule has 1 aromatic heterocycles. The molecule has 1 aromatic carbocycles. The number of para-hydroxylation sites is 1. The Kier molecular flexibility index (Phi) is 3.67. The minimum absolute atomic E-state index is 0.0263. The largest absolute Gasteiger partial charge is 0.481 e. The highest BCUT2D eigenvalue weighted by atomic mass is 16.4. The minimum Gasteiger partial charge on any atom is -0.481 e. The molecule has 0 amide bonds. The first-order valence-corrected chi connectivity index (χ1v) is 6.07. The van der Waals surface area contributed by atoms with E-state index in [1.165, 1.54) is 0 Å². The van der Waals surface area contributed by atoms with Gasteiger partial charge >= 0.3 is 5.97 Å². The molecule has 0 radical (unpaired) electrons. The van der Waals surface area contributed by atoms with Crippen LogP contribution < -0.4 is 5.73 Å². The number of fused-ring (bicyclic) bond motifs is 1. The van der Waals surface area contributed by atoms with E-state index in [2.05, 4.69) is 0 Å². The van der Waals surface area contributed by atoms with E-state index in [4.69, 9.17) is 15.3 Å². The van der Waals surface area contributed by atoms with Crippen LogP contribution in [0.5, 0.6) is 0 Å². The Bertz CT molecular complexity index is 547. The molecule has 0 saturated carbocycles. The number of furan rings is 1. The molecule has 0 aliphatic heterocycles. The van der Waals surface area contributed by atoms with Crippen LogP contribution in [0, 0.1) is 0 Å². The molecule has 4 nitrogen and oxygen atoms in total. The quantitative estimate of drug-likeness (QED) is 0.851. The number of rotatable bonds is 5. The Labute approximate surface area is 105 Å². The molecule has 2 rings (SSSR count). The lowest BCUT2D eigenvalue weighted by molar-refractivity contribution is -0.137. The molecular formula is C14H17NO3. The summed E-state index contributed by atoms with van der Waals surface area (Å²) in [6.45, 7) is 1.96. The third-order valence-electron chi connectivity index (χ3n) is 3.29. The lowest BCUT2D eigenvalue weighted by Gasteiger charge is -2.20. The van der Waals surface area contributed by atoms with Crippen molar-refractivity contribution in [3.05, 3.63) is 36.1 Å². The summed E-state index contributed by atoms with van der Waals surface area (Å²) >= 11 is 0. The van der Waals surface area contributed by atoms with Crippen LogP contribution in [-0.4, -0.2) is 17.1 Å². The highest BCUT2D eigenvalue weighted by Crippen LogP contribution is 2.32. The fourth-order valence-electron chi connectivity index (χ4n) is 2.25. The second-order valence-electron chi connectivity index (χ2n) is 4.46. The number of nitrogens with two attached hydrogens (primary N) is 1. The molecule has 0 aliphatic carbocycles. The topological polar surface area (TPSA) is 76.5 Å². The highest BCUT2D eigenvalue weighted by molar-refractivity contribution is 5.82. The van der Waals surface area contributed by atoms with Crippen molar-refractivity contribution in [2.24, 2.45) is 5.73 Å². The van der Waals surface area contributed by atoms with E-state index in [0.717, 1.165) is 23.0 Å². The zero-order chi connectivity index (χ0) is 13.1. The average molecular weight is 247 g/mol. The molecule has 18 heavy (non-hydrogen) atoms. The van der Waals surface area contributed by atoms with Gasteiger partial charge in [0.1, 0.15) is 5.58 Å². The molecule has 0 bridgehead atoms. The maximum Gasteiger partial charge on any atom is 0.304 e. The third-order valence-corrected chi connectivity index (χ3v) is 3.29. The second-order valence-corrected chi connectivity index (χ2v) is 4.46. The highest BCUT2D eigenvalue weighted by Gasteiger charge is 2.24. The smallest absolute Gasteiger partial charge is 0.304 e. The van der Waals surface area contributed by atoms with Gasteiger partial charge in [-0.3, -0.25) is 4.79 Å². The van der Waals surface area contributed by atoms with Crippen molar-refractivity contribution in [3.63, 3.8) is 0 Å². The maximum atomic E-state index is 11.0. The Hall–Kier alpha value is -1.81.